The molecule has 0 unspecified atom stereocenters. The van der Waals surface area contributed by atoms with Gasteiger partial charge in [0, 0.05) is 31.1 Å². The number of hydrogen-bond donors (Lipinski definition) is 1. The molecule has 2 heterocycles. The second-order valence-corrected chi connectivity index (χ2v) is 5.84. The Labute approximate surface area is 154 Å². The topological polar surface area (TPSA) is 66.5 Å². The normalized spacial score (nSPS) is 11.3. The number of rotatable bonds is 4. The zero-order valence-corrected chi connectivity index (χ0v) is 14.7. The first-order valence-electron chi connectivity index (χ1n) is 8.20. The van der Waals surface area contributed by atoms with Crippen molar-refractivity contribution in [2.24, 2.45) is 0 Å². The Morgan fingerprint density at radius 3 is 2.56 bits per heavy atom. The SMILES string of the molecule is CCc1ccc(C(F)(F)F)cc1-c1cn(-c2cc(NC)ncn2)cc1C#N. The van der Waals surface area contributed by atoms with Gasteiger partial charge in [0.25, 0.3) is 0 Å². The molecule has 0 aliphatic carbocycles. The Bertz CT molecular complexity index is 1010. The van der Waals surface area contributed by atoms with Crippen LogP contribution in [-0.4, -0.2) is 21.6 Å². The maximum atomic E-state index is 13.2. The molecule has 0 radical (unpaired) electrons. The molecule has 2 aromatic heterocycles. The molecule has 0 bridgehead atoms. The molecule has 8 heteroatoms. The van der Waals surface area contributed by atoms with E-state index in [1.165, 1.54) is 12.4 Å². The van der Waals surface area contributed by atoms with Crippen molar-refractivity contribution in [1.29, 1.82) is 5.26 Å². The highest BCUT2D eigenvalue weighted by Crippen LogP contribution is 2.36. The molecular formula is C19H16F3N5. The van der Waals surface area contributed by atoms with Crippen molar-refractivity contribution in [1.82, 2.24) is 14.5 Å². The zero-order chi connectivity index (χ0) is 19.6. The third-order valence-corrected chi connectivity index (χ3v) is 4.23. The third kappa shape index (κ3) is 3.62. The lowest BCUT2D eigenvalue weighted by atomic mass is 9.95. The standard InChI is InChI=1S/C19H16F3N5/c1-3-12-4-5-14(19(20,21)22)6-15(12)16-10-27(9-13(16)8-23)18-7-17(24-2)25-11-26-18/h4-7,9-11H,3H2,1-2H3,(H,24,25,26). The largest absolute Gasteiger partial charge is 0.416 e. The fourth-order valence-electron chi connectivity index (χ4n) is 2.83. The minimum absolute atomic E-state index is 0.272. The maximum absolute atomic E-state index is 13.2. The van der Waals surface area contributed by atoms with Crippen molar-refractivity contribution in [3.05, 3.63) is 59.7 Å². The van der Waals surface area contributed by atoms with Crippen molar-refractivity contribution >= 4 is 5.82 Å². The van der Waals surface area contributed by atoms with Gasteiger partial charge >= 0.3 is 6.18 Å². The number of anilines is 1. The molecular weight excluding hydrogens is 355 g/mol. The van der Waals surface area contributed by atoms with Crippen LogP contribution in [0, 0.1) is 11.3 Å². The first-order chi connectivity index (χ1) is 12.9. The third-order valence-electron chi connectivity index (χ3n) is 4.23. The van der Waals surface area contributed by atoms with E-state index in [1.54, 1.807) is 30.1 Å². The number of nitrogens with one attached hydrogen (secondary N) is 1. The second kappa shape index (κ2) is 7.11. The maximum Gasteiger partial charge on any atom is 0.416 e. The summed E-state index contributed by atoms with van der Waals surface area (Å²) in [5.74, 6) is 1.09. The molecule has 1 aromatic carbocycles. The summed E-state index contributed by atoms with van der Waals surface area (Å²) in [5.41, 5.74) is 1.09. The molecule has 0 saturated carbocycles. The average Bonchev–Trinajstić information content (AvgIpc) is 3.11. The van der Waals surface area contributed by atoms with E-state index >= 15 is 0 Å². The van der Waals surface area contributed by atoms with Crippen LogP contribution in [0.3, 0.4) is 0 Å². The Hall–Kier alpha value is -3.34. The van der Waals surface area contributed by atoms with Gasteiger partial charge in [-0.3, -0.25) is 0 Å². The van der Waals surface area contributed by atoms with Gasteiger partial charge in [0.2, 0.25) is 0 Å². The zero-order valence-electron chi connectivity index (χ0n) is 14.7. The molecule has 0 amide bonds. The summed E-state index contributed by atoms with van der Waals surface area (Å²) in [6.45, 7) is 1.86. The Morgan fingerprint density at radius 2 is 1.93 bits per heavy atom. The first kappa shape index (κ1) is 18.5. The van der Waals surface area contributed by atoms with Crippen molar-refractivity contribution < 1.29 is 13.2 Å². The van der Waals surface area contributed by atoms with E-state index in [2.05, 4.69) is 21.4 Å². The van der Waals surface area contributed by atoms with Gasteiger partial charge in [-0.15, -0.1) is 0 Å². The van der Waals surface area contributed by atoms with Gasteiger partial charge in [-0.25, -0.2) is 9.97 Å². The highest BCUT2D eigenvalue weighted by atomic mass is 19.4. The predicted octanol–water partition coefficient (Wildman–Crippen LogP) is 4.43. The predicted molar refractivity (Wildman–Crippen MR) is 95.4 cm³/mol. The van der Waals surface area contributed by atoms with E-state index < -0.39 is 11.7 Å². The van der Waals surface area contributed by atoms with Crippen LogP contribution in [0.15, 0.2) is 43.0 Å². The van der Waals surface area contributed by atoms with Crippen molar-refractivity contribution in [3.8, 4) is 23.0 Å². The average molecular weight is 371 g/mol. The summed E-state index contributed by atoms with van der Waals surface area (Å²) < 4.78 is 41.1. The molecule has 27 heavy (non-hydrogen) atoms. The number of hydrogen-bond acceptors (Lipinski definition) is 4. The molecule has 5 nitrogen and oxygen atoms in total. The summed E-state index contributed by atoms with van der Waals surface area (Å²) in [4.78, 5) is 8.19. The van der Waals surface area contributed by atoms with Crippen LogP contribution in [0.2, 0.25) is 0 Å². The van der Waals surface area contributed by atoms with Crippen LogP contribution >= 0.6 is 0 Å². The molecule has 0 aliphatic heterocycles. The van der Waals surface area contributed by atoms with E-state index in [-0.39, 0.29) is 5.56 Å². The highest BCUT2D eigenvalue weighted by molar-refractivity contribution is 5.74. The molecule has 0 atom stereocenters. The van der Waals surface area contributed by atoms with E-state index in [4.69, 9.17) is 0 Å². The Balaban J connectivity index is 2.18. The quantitative estimate of drug-likeness (QED) is 0.737. The lowest BCUT2D eigenvalue weighted by Crippen LogP contribution is -2.05. The second-order valence-electron chi connectivity index (χ2n) is 5.84. The van der Waals surface area contributed by atoms with Crippen molar-refractivity contribution in [2.45, 2.75) is 19.5 Å². The molecule has 0 fully saturated rings. The molecule has 0 spiro atoms. The number of aryl methyl sites for hydroxylation is 1. The summed E-state index contributed by atoms with van der Waals surface area (Å²) >= 11 is 0. The Morgan fingerprint density at radius 1 is 1.15 bits per heavy atom. The Kier molecular flexibility index (Phi) is 4.86. The first-order valence-corrected chi connectivity index (χ1v) is 8.20. The van der Waals surface area contributed by atoms with Crippen LogP contribution in [0.1, 0.15) is 23.6 Å². The summed E-state index contributed by atoms with van der Waals surface area (Å²) in [6.07, 6.45) is 0.631. The number of nitriles is 1. The minimum atomic E-state index is -4.45. The number of benzene rings is 1. The van der Waals surface area contributed by atoms with Gasteiger partial charge in [0.1, 0.15) is 24.0 Å². The molecule has 3 rings (SSSR count). The number of aromatic nitrogens is 3. The molecule has 0 aliphatic rings. The monoisotopic (exact) mass is 371 g/mol. The van der Waals surface area contributed by atoms with Gasteiger partial charge in [-0.1, -0.05) is 13.0 Å². The molecule has 1 N–H and O–H groups in total. The van der Waals surface area contributed by atoms with Crippen LogP contribution in [0.25, 0.3) is 16.9 Å². The molecule has 3 aromatic rings. The van der Waals surface area contributed by atoms with Crippen LogP contribution < -0.4 is 5.32 Å². The smallest absolute Gasteiger partial charge is 0.373 e. The summed E-state index contributed by atoms with van der Waals surface area (Å²) in [5, 5.41) is 12.4. The number of alkyl halides is 3. The number of nitrogens with zero attached hydrogens (tertiary/aromatic N) is 4. The fourth-order valence-corrected chi connectivity index (χ4v) is 2.83. The van der Waals surface area contributed by atoms with Gasteiger partial charge in [-0.05, 0) is 29.7 Å². The van der Waals surface area contributed by atoms with Gasteiger partial charge in [-0.2, -0.15) is 18.4 Å². The van der Waals surface area contributed by atoms with Crippen LogP contribution in [0.4, 0.5) is 19.0 Å². The van der Waals surface area contributed by atoms with Gasteiger partial charge in [0.15, 0.2) is 0 Å². The number of halogens is 3. The van der Waals surface area contributed by atoms with Crippen LogP contribution in [-0.2, 0) is 12.6 Å². The van der Waals surface area contributed by atoms with Gasteiger partial charge < -0.3 is 9.88 Å². The summed E-state index contributed by atoms with van der Waals surface area (Å²) in [7, 11) is 1.71. The van der Waals surface area contributed by atoms with E-state index in [9.17, 15) is 18.4 Å². The van der Waals surface area contributed by atoms with Gasteiger partial charge in [0.05, 0.1) is 11.1 Å². The van der Waals surface area contributed by atoms with Crippen molar-refractivity contribution in [3.63, 3.8) is 0 Å². The molecule has 0 saturated heterocycles. The van der Waals surface area contributed by atoms with E-state index in [1.807, 2.05) is 6.92 Å². The minimum Gasteiger partial charge on any atom is -0.373 e. The van der Waals surface area contributed by atoms with E-state index in [0.717, 1.165) is 17.7 Å². The van der Waals surface area contributed by atoms with Crippen molar-refractivity contribution in [2.75, 3.05) is 12.4 Å². The van der Waals surface area contributed by atoms with E-state index in [0.29, 0.717) is 29.2 Å². The van der Waals surface area contributed by atoms with Crippen LogP contribution in [0.5, 0.6) is 0 Å². The molecule has 138 valence electrons. The fraction of sp³-hybridized carbons (Fsp3) is 0.211. The lowest BCUT2D eigenvalue weighted by Gasteiger charge is -2.12. The lowest BCUT2D eigenvalue weighted by molar-refractivity contribution is -0.137. The highest BCUT2D eigenvalue weighted by Gasteiger charge is 2.31. The summed E-state index contributed by atoms with van der Waals surface area (Å²) in [6, 6.07) is 7.36.